The molecule has 0 saturated carbocycles. The summed E-state index contributed by atoms with van der Waals surface area (Å²) in [5.74, 6) is 0.252. The molecule has 4 nitrogen and oxygen atoms in total. The number of ether oxygens (including phenoxy) is 2. The van der Waals surface area contributed by atoms with Crippen molar-refractivity contribution in [2.45, 2.75) is 6.42 Å². The highest BCUT2D eigenvalue weighted by molar-refractivity contribution is 8.28. The fraction of sp³-hybridized carbons (Fsp3) is 0.714. The van der Waals surface area contributed by atoms with E-state index in [0.717, 1.165) is 0 Å². The smallest absolute Gasteiger partial charge is 0.346 e. The Kier molecular flexibility index (Phi) is 5.53. The van der Waals surface area contributed by atoms with E-state index in [9.17, 15) is 9.59 Å². The van der Waals surface area contributed by atoms with E-state index >= 15 is 0 Å². The zero-order chi connectivity index (χ0) is 9.56. The summed E-state index contributed by atoms with van der Waals surface area (Å²) in [6.45, 7) is 0. The standard InChI is InChI=1S/C7H14O4S/c1-10-6(8)4-5-12(3)7(9)11-2/h12H,4-5H2,1-3H3. The molecule has 0 bridgehead atoms. The summed E-state index contributed by atoms with van der Waals surface area (Å²) in [5, 5.41) is -0.228. The van der Waals surface area contributed by atoms with Gasteiger partial charge in [0.15, 0.2) is 0 Å². The van der Waals surface area contributed by atoms with Crippen LogP contribution in [0.1, 0.15) is 6.42 Å². The van der Waals surface area contributed by atoms with Crippen molar-refractivity contribution in [3.63, 3.8) is 0 Å². The summed E-state index contributed by atoms with van der Waals surface area (Å²) < 4.78 is 8.95. The van der Waals surface area contributed by atoms with Gasteiger partial charge in [0.25, 0.3) is 0 Å². The number of hydrogen-bond donors (Lipinski definition) is 1. The first-order chi connectivity index (χ1) is 5.61. The van der Waals surface area contributed by atoms with Crippen LogP contribution in [0.15, 0.2) is 0 Å². The molecule has 0 fully saturated rings. The molecule has 0 aliphatic carbocycles. The number of carbonyl (C=O) groups excluding carboxylic acids is 2. The Morgan fingerprint density at radius 1 is 1.25 bits per heavy atom. The molecular formula is C7H14O4S. The van der Waals surface area contributed by atoms with E-state index in [1.165, 1.54) is 14.2 Å². The van der Waals surface area contributed by atoms with Crippen LogP contribution in [0, 0.1) is 0 Å². The maximum Gasteiger partial charge on any atom is 0.346 e. The first-order valence-corrected chi connectivity index (χ1v) is 5.45. The lowest BCUT2D eigenvalue weighted by atomic mass is 10.5. The monoisotopic (exact) mass is 194 g/mol. The summed E-state index contributed by atoms with van der Waals surface area (Å²) in [7, 11) is 1.84. The molecule has 0 radical (unpaired) electrons. The number of methoxy groups -OCH3 is 2. The van der Waals surface area contributed by atoms with Gasteiger partial charge in [0.1, 0.15) is 0 Å². The number of rotatable bonds is 3. The lowest BCUT2D eigenvalue weighted by molar-refractivity contribution is -0.140. The van der Waals surface area contributed by atoms with Crippen molar-refractivity contribution in [2.75, 3.05) is 26.2 Å². The van der Waals surface area contributed by atoms with Crippen molar-refractivity contribution >= 4 is 22.2 Å². The molecule has 0 N–H and O–H groups in total. The lowest BCUT2D eigenvalue weighted by Crippen LogP contribution is -2.07. The molecule has 0 aliphatic heterocycles. The summed E-state index contributed by atoms with van der Waals surface area (Å²) in [6, 6.07) is 0. The van der Waals surface area contributed by atoms with E-state index in [-0.39, 0.29) is 17.7 Å². The van der Waals surface area contributed by atoms with E-state index in [1.807, 2.05) is 0 Å². The van der Waals surface area contributed by atoms with Crippen LogP contribution >= 0.6 is 10.9 Å². The maximum absolute atomic E-state index is 10.9. The maximum atomic E-state index is 10.9. The first-order valence-electron chi connectivity index (χ1n) is 3.47. The van der Waals surface area contributed by atoms with Gasteiger partial charge >= 0.3 is 11.3 Å². The Balaban J connectivity index is 3.63. The van der Waals surface area contributed by atoms with Gasteiger partial charge in [0.05, 0.1) is 20.6 Å². The third kappa shape index (κ3) is 4.23. The third-order valence-corrected chi connectivity index (χ3v) is 3.07. The SMILES string of the molecule is COC(=O)CC[SH](C)C(=O)OC. The minimum Gasteiger partial charge on any atom is -0.469 e. The number of thiol groups is 1. The molecule has 1 unspecified atom stereocenters. The van der Waals surface area contributed by atoms with Crippen molar-refractivity contribution in [3.05, 3.63) is 0 Å². The van der Waals surface area contributed by atoms with Gasteiger partial charge < -0.3 is 9.47 Å². The number of esters is 1. The molecule has 0 saturated heterocycles. The van der Waals surface area contributed by atoms with Crippen LogP contribution in [-0.2, 0) is 14.3 Å². The van der Waals surface area contributed by atoms with Crippen LogP contribution in [-0.4, -0.2) is 37.5 Å². The zero-order valence-corrected chi connectivity index (χ0v) is 8.39. The minimum atomic E-state index is -0.842. The first kappa shape index (κ1) is 11.3. The van der Waals surface area contributed by atoms with Gasteiger partial charge in [-0.1, -0.05) is 0 Å². The molecule has 72 valence electrons. The van der Waals surface area contributed by atoms with Gasteiger partial charge in [-0.05, 0) is 12.0 Å². The van der Waals surface area contributed by atoms with Crippen molar-refractivity contribution < 1.29 is 19.1 Å². The highest BCUT2D eigenvalue weighted by Gasteiger charge is 2.10. The summed E-state index contributed by atoms with van der Waals surface area (Å²) >= 11 is 0. The number of hydrogen-bond acceptors (Lipinski definition) is 4. The van der Waals surface area contributed by atoms with E-state index in [0.29, 0.717) is 5.75 Å². The predicted molar refractivity (Wildman–Crippen MR) is 48.8 cm³/mol. The van der Waals surface area contributed by atoms with E-state index in [2.05, 4.69) is 9.47 Å². The van der Waals surface area contributed by atoms with Gasteiger partial charge in [0.2, 0.25) is 0 Å². The van der Waals surface area contributed by atoms with Gasteiger partial charge in [-0.3, -0.25) is 4.79 Å². The Labute approximate surface area is 74.6 Å². The second kappa shape index (κ2) is 5.88. The number of carbonyl (C=O) groups is 2. The summed E-state index contributed by atoms with van der Waals surface area (Å²) in [6.07, 6.45) is 2.07. The second-order valence-electron chi connectivity index (χ2n) is 2.22. The largest absolute Gasteiger partial charge is 0.469 e. The molecule has 0 rings (SSSR count). The van der Waals surface area contributed by atoms with Gasteiger partial charge in [-0.2, -0.15) is 10.9 Å². The van der Waals surface area contributed by atoms with Crippen LogP contribution in [0.3, 0.4) is 0 Å². The van der Waals surface area contributed by atoms with E-state index in [4.69, 9.17) is 0 Å². The normalized spacial score (nSPS) is 13.4. The van der Waals surface area contributed by atoms with E-state index < -0.39 is 10.9 Å². The van der Waals surface area contributed by atoms with Crippen LogP contribution in [0.5, 0.6) is 0 Å². The Bertz CT molecular complexity index is 169. The zero-order valence-electron chi connectivity index (χ0n) is 7.49. The molecule has 0 spiro atoms. The Hall–Kier alpha value is -0.710. The molecular weight excluding hydrogens is 180 g/mol. The quantitative estimate of drug-likeness (QED) is 0.537. The van der Waals surface area contributed by atoms with Crippen LogP contribution in [0.4, 0.5) is 4.79 Å². The molecule has 0 aromatic carbocycles. The molecule has 0 aromatic rings. The highest BCUT2D eigenvalue weighted by Crippen LogP contribution is 2.23. The van der Waals surface area contributed by atoms with Gasteiger partial charge in [0, 0.05) is 0 Å². The van der Waals surface area contributed by atoms with Gasteiger partial charge in [-0.25, -0.2) is 4.79 Å². The second-order valence-corrected chi connectivity index (χ2v) is 4.43. The molecule has 0 aromatic heterocycles. The van der Waals surface area contributed by atoms with Crippen molar-refractivity contribution in [1.82, 2.24) is 0 Å². The van der Waals surface area contributed by atoms with Crippen molar-refractivity contribution in [1.29, 1.82) is 0 Å². The van der Waals surface area contributed by atoms with Crippen molar-refractivity contribution in [2.24, 2.45) is 0 Å². The average molecular weight is 194 g/mol. The van der Waals surface area contributed by atoms with Gasteiger partial charge in [-0.15, -0.1) is 0 Å². The predicted octanol–water partition coefficient (Wildman–Crippen LogP) is 0.947. The molecule has 0 aliphatic rings. The van der Waals surface area contributed by atoms with Crippen LogP contribution in [0.2, 0.25) is 0 Å². The molecule has 12 heavy (non-hydrogen) atoms. The van der Waals surface area contributed by atoms with E-state index in [1.54, 1.807) is 6.26 Å². The lowest BCUT2D eigenvalue weighted by Gasteiger charge is -2.11. The minimum absolute atomic E-state index is 0.228. The average Bonchev–Trinajstić information content (AvgIpc) is 2.11. The summed E-state index contributed by atoms with van der Waals surface area (Å²) in [5.41, 5.74) is 0. The fourth-order valence-corrected chi connectivity index (χ4v) is 1.62. The molecule has 1 atom stereocenters. The molecule has 0 amide bonds. The summed E-state index contributed by atoms with van der Waals surface area (Å²) in [4.78, 5) is 21.5. The third-order valence-electron chi connectivity index (χ3n) is 1.37. The Morgan fingerprint density at radius 3 is 2.25 bits per heavy atom. The highest BCUT2D eigenvalue weighted by atomic mass is 32.2. The molecule has 0 heterocycles. The van der Waals surface area contributed by atoms with Crippen molar-refractivity contribution in [3.8, 4) is 0 Å². The van der Waals surface area contributed by atoms with Crippen LogP contribution < -0.4 is 0 Å². The van der Waals surface area contributed by atoms with Crippen LogP contribution in [0.25, 0.3) is 0 Å². The fourth-order valence-electron chi connectivity index (χ4n) is 0.608. The Morgan fingerprint density at radius 2 is 1.83 bits per heavy atom. The topological polar surface area (TPSA) is 52.6 Å². The molecule has 5 heteroatoms.